The van der Waals surface area contributed by atoms with Crippen molar-refractivity contribution in [3.8, 4) is 11.5 Å². The number of thiocarbonyl (C=S) groups is 1. The molecule has 0 unspecified atom stereocenters. The molecule has 1 fully saturated rings. The molecule has 0 radical (unpaired) electrons. The van der Waals surface area contributed by atoms with E-state index in [-0.39, 0.29) is 18.4 Å². The summed E-state index contributed by atoms with van der Waals surface area (Å²) in [6, 6.07) is 18.0. The van der Waals surface area contributed by atoms with Crippen LogP contribution in [0.3, 0.4) is 0 Å². The Labute approximate surface area is 224 Å². The fourth-order valence-corrected chi connectivity index (χ4v) is 4.95. The van der Waals surface area contributed by atoms with Crippen molar-refractivity contribution in [3.63, 3.8) is 0 Å². The molecule has 1 heterocycles. The predicted molar refractivity (Wildman–Crippen MR) is 150 cm³/mol. The molecule has 0 atom stereocenters. The zero-order valence-corrected chi connectivity index (χ0v) is 22.2. The molecule has 0 aliphatic carbocycles. The first kappa shape index (κ1) is 25.8. The maximum Gasteiger partial charge on any atom is 0.270 e. The molecule has 0 aromatic heterocycles. The Kier molecular flexibility index (Phi) is 7.98. The average Bonchev–Trinajstić information content (AvgIpc) is 3.13. The summed E-state index contributed by atoms with van der Waals surface area (Å²) in [7, 11) is 1.52. The quantitative estimate of drug-likeness (QED) is 0.278. The lowest BCUT2D eigenvalue weighted by molar-refractivity contribution is -0.118. The summed E-state index contributed by atoms with van der Waals surface area (Å²) in [6.45, 7) is 3.72. The number of amides is 2. The number of carbonyl (C=O) groups is 2. The Morgan fingerprint density at radius 3 is 2.56 bits per heavy atom. The van der Waals surface area contributed by atoms with E-state index in [0.717, 1.165) is 22.4 Å². The van der Waals surface area contributed by atoms with Crippen molar-refractivity contribution >= 4 is 69.2 Å². The van der Waals surface area contributed by atoms with Gasteiger partial charge in [-0.05, 0) is 79.1 Å². The topological polar surface area (TPSA) is 67.9 Å². The second-order valence-electron chi connectivity index (χ2n) is 8.06. The lowest BCUT2D eigenvalue weighted by atomic mass is 10.1. The molecule has 3 aromatic carbocycles. The lowest BCUT2D eigenvalue weighted by Gasteiger charge is -2.14. The summed E-state index contributed by atoms with van der Waals surface area (Å²) in [4.78, 5) is 27.4. The molecule has 1 aliphatic heterocycles. The van der Waals surface area contributed by atoms with E-state index in [1.165, 1.54) is 23.8 Å². The van der Waals surface area contributed by atoms with E-state index in [1.807, 2.05) is 32.0 Å². The van der Waals surface area contributed by atoms with Crippen molar-refractivity contribution in [2.45, 2.75) is 13.8 Å². The summed E-state index contributed by atoms with van der Waals surface area (Å²) in [6.07, 6.45) is 1.74. The third-order valence-corrected chi connectivity index (χ3v) is 6.94. The van der Waals surface area contributed by atoms with E-state index in [4.69, 9.17) is 33.3 Å². The monoisotopic (exact) mass is 538 g/mol. The number of aryl methyl sites for hydroxylation is 2. The van der Waals surface area contributed by atoms with Crippen LogP contribution in [0.15, 0.2) is 65.6 Å². The first-order chi connectivity index (χ1) is 17.2. The Morgan fingerprint density at radius 1 is 1.08 bits per heavy atom. The first-order valence-corrected chi connectivity index (χ1v) is 12.6. The van der Waals surface area contributed by atoms with Crippen molar-refractivity contribution in [1.82, 2.24) is 0 Å². The third-order valence-electron chi connectivity index (χ3n) is 5.39. The highest BCUT2D eigenvalue weighted by Crippen LogP contribution is 2.37. The highest BCUT2D eigenvalue weighted by molar-refractivity contribution is 8.27. The zero-order valence-electron chi connectivity index (χ0n) is 19.8. The average molecular weight is 539 g/mol. The molecule has 36 heavy (non-hydrogen) atoms. The van der Waals surface area contributed by atoms with Gasteiger partial charge in [0.05, 0.1) is 17.7 Å². The number of nitrogens with zero attached hydrogens (tertiary/aromatic N) is 1. The summed E-state index contributed by atoms with van der Waals surface area (Å²) < 4.78 is 11.6. The number of hydrogen-bond acceptors (Lipinski definition) is 6. The van der Waals surface area contributed by atoms with E-state index in [1.54, 1.807) is 48.5 Å². The van der Waals surface area contributed by atoms with Gasteiger partial charge >= 0.3 is 0 Å². The summed E-state index contributed by atoms with van der Waals surface area (Å²) in [5.41, 5.74) is 4.17. The minimum absolute atomic E-state index is 0.178. The number of ether oxygens (including phenoxy) is 2. The number of benzene rings is 3. The molecule has 6 nitrogen and oxygen atoms in total. The standard InChI is InChI=1S/C27H23ClN2O4S2/c1-16-4-5-17(2)21(12-16)29-25(31)15-34-22-11-6-18(13-23(22)33-3)14-24-26(32)30(27(35)36-24)20-9-7-19(28)8-10-20/h4-14H,15H2,1-3H3,(H,29,31)/b24-14-. The number of thioether (sulfide) groups is 1. The van der Waals surface area contributed by atoms with Gasteiger partial charge < -0.3 is 14.8 Å². The van der Waals surface area contributed by atoms with Crippen molar-refractivity contribution in [3.05, 3.63) is 87.3 Å². The van der Waals surface area contributed by atoms with E-state index in [0.29, 0.717) is 31.4 Å². The molecule has 0 spiro atoms. The van der Waals surface area contributed by atoms with Gasteiger partial charge in [-0.25, -0.2) is 0 Å². The number of hydrogen-bond donors (Lipinski definition) is 1. The zero-order chi connectivity index (χ0) is 25.8. The Hall–Kier alpha value is -3.33. The molecule has 1 aliphatic rings. The number of halogens is 1. The van der Waals surface area contributed by atoms with Crippen LogP contribution in [0.5, 0.6) is 11.5 Å². The van der Waals surface area contributed by atoms with Crippen LogP contribution in [0.4, 0.5) is 11.4 Å². The molecule has 3 aromatic rings. The number of methoxy groups -OCH3 is 1. The van der Waals surface area contributed by atoms with Crippen LogP contribution in [0, 0.1) is 13.8 Å². The number of rotatable bonds is 7. The van der Waals surface area contributed by atoms with Crippen LogP contribution >= 0.6 is 35.6 Å². The lowest BCUT2D eigenvalue weighted by Crippen LogP contribution is -2.27. The SMILES string of the molecule is COc1cc(/C=C2\SC(=S)N(c3ccc(Cl)cc3)C2=O)ccc1OCC(=O)Nc1cc(C)ccc1C. The van der Waals surface area contributed by atoms with Crippen LogP contribution in [-0.4, -0.2) is 29.9 Å². The summed E-state index contributed by atoms with van der Waals surface area (Å²) >= 11 is 12.6. The minimum Gasteiger partial charge on any atom is -0.493 e. The van der Waals surface area contributed by atoms with Gasteiger partial charge in [0.1, 0.15) is 0 Å². The van der Waals surface area contributed by atoms with Gasteiger partial charge in [0, 0.05) is 10.7 Å². The summed E-state index contributed by atoms with van der Waals surface area (Å²) in [5.74, 6) is 0.367. The Balaban J connectivity index is 1.45. The first-order valence-electron chi connectivity index (χ1n) is 11.0. The molecule has 0 bridgehead atoms. The van der Waals surface area contributed by atoms with E-state index >= 15 is 0 Å². The predicted octanol–water partition coefficient (Wildman–Crippen LogP) is 6.39. The molecule has 2 amide bonds. The van der Waals surface area contributed by atoms with Crippen LogP contribution in [0.25, 0.3) is 6.08 Å². The number of nitrogens with one attached hydrogen (secondary N) is 1. The van der Waals surface area contributed by atoms with Crippen LogP contribution in [0.2, 0.25) is 5.02 Å². The second kappa shape index (κ2) is 11.2. The highest BCUT2D eigenvalue weighted by atomic mass is 35.5. The van der Waals surface area contributed by atoms with Gasteiger partial charge in [-0.15, -0.1) is 0 Å². The molecular formula is C27H23ClN2O4S2. The smallest absolute Gasteiger partial charge is 0.270 e. The molecule has 1 N–H and O–H groups in total. The third kappa shape index (κ3) is 5.90. The number of carbonyl (C=O) groups excluding carboxylic acids is 2. The van der Waals surface area contributed by atoms with Gasteiger partial charge in [0.25, 0.3) is 11.8 Å². The van der Waals surface area contributed by atoms with E-state index < -0.39 is 0 Å². The van der Waals surface area contributed by atoms with Crippen LogP contribution in [0.1, 0.15) is 16.7 Å². The molecule has 4 rings (SSSR count). The van der Waals surface area contributed by atoms with E-state index in [2.05, 4.69) is 5.32 Å². The molecular weight excluding hydrogens is 516 g/mol. The molecule has 1 saturated heterocycles. The maximum atomic E-state index is 13.0. The van der Waals surface area contributed by atoms with Gasteiger partial charge in [-0.1, -0.05) is 53.8 Å². The van der Waals surface area contributed by atoms with E-state index in [9.17, 15) is 9.59 Å². The van der Waals surface area contributed by atoms with Gasteiger partial charge in [0.15, 0.2) is 22.4 Å². The van der Waals surface area contributed by atoms with Crippen molar-refractivity contribution < 1.29 is 19.1 Å². The fourth-order valence-electron chi connectivity index (χ4n) is 3.53. The Bertz CT molecular complexity index is 1370. The van der Waals surface area contributed by atoms with Crippen molar-refractivity contribution in [1.29, 1.82) is 0 Å². The Morgan fingerprint density at radius 2 is 1.83 bits per heavy atom. The summed E-state index contributed by atoms with van der Waals surface area (Å²) in [5, 5.41) is 3.45. The van der Waals surface area contributed by atoms with Gasteiger partial charge in [-0.3, -0.25) is 14.5 Å². The molecule has 9 heteroatoms. The maximum absolute atomic E-state index is 13.0. The van der Waals surface area contributed by atoms with Crippen molar-refractivity contribution in [2.75, 3.05) is 23.9 Å². The van der Waals surface area contributed by atoms with Gasteiger partial charge in [-0.2, -0.15) is 0 Å². The fraction of sp³-hybridized carbons (Fsp3) is 0.148. The number of anilines is 2. The highest BCUT2D eigenvalue weighted by Gasteiger charge is 2.33. The van der Waals surface area contributed by atoms with Crippen molar-refractivity contribution in [2.24, 2.45) is 0 Å². The normalized spacial score (nSPS) is 14.3. The largest absolute Gasteiger partial charge is 0.493 e. The molecule has 184 valence electrons. The minimum atomic E-state index is -0.277. The molecule has 0 saturated carbocycles. The van der Waals surface area contributed by atoms with Gasteiger partial charge in [0.2, 0.25) is 0 Å². The second-order valence-corrected chi connectivity index (χ2v) is 10.2. The van der Waals surface area contributed by atoms with Crippen LogP contribution in [-0.2, 0) is 9.59 Å². The van der Waals surface area contributed by atoms with Crippen LogP contribution < -0.4 is 19.7 Å².